The third kappa shape index (κ3) is 7.12. The van der Waals surface area contributed by atoms with Crippen LogP contribution >= 0.6 is 11.8 Å². The Morgan fingerprint density at radius 2 is 1.71 bits per heavy atom. The van der Waals surface area contributed by atoms with Crippen molar-refractivity contribution < 1.29 is 0 Å². The van der Waals surface area contributed by atoms with Crippen LogP contribution in [0, 0.1) is 0 Å². The van der Waals surface area contributed by atoms with E-state index < -0.39 is 0 Å². The van der Waals surface area contributed by atoms with Gasteiger partial charge in [-0.05, 0) is 34.9 Å². The summed E-state index contributed by atoms with van der Waals surface area (Å²) in [4.78, 5) is 5.37. The Morgan fingerprint density at radius 3 is 2.33 bits per heavy atom. The normalized spacial score (nSPS) is 11.0. The highest BCUT2D eigenvalue weighted by atomic mass is 32.2. The first-order valence-electron chi connectivity index (χ1n) is 7.43. The van der Waals surface area contributed by atoms with Gasteiger partial charge in [0.1, 0.15) is 0 Å². The highest BCUT2D eigenvalue weighted by Gasteiger charge is 2.06. The summed E-state index contributed by atoms with van der Waals surface area (Å²) in [6, 6.07) is 13.6. The van der Waals surface area contributed by atoms with E-state index in [-0.39, 0.29) is 0 Å². The lowest BCUT2D eigenvalue weighted by Gasteiger charge is -2.06. The fraction of sp³-hybridized carbons (Fsp3) is 0.0455. The largest absolute Gasteiger partial charge is 0.255 e. The summed E-state index contributed by atoms with van der Waals surface area (Å²) in [5.74, 6) is 0. The lowest BCUT2D eigenvalue weighted by molar-refractivity contribution is 1.47. The monoisotopic (exact) mass is 333 g/mol. The van der Waals surface area contributed by atoms with Crippen LogP contribution in [0.15, 0.2) is 95.4 Å². The molecule has 0 heterocycles. The predicted octanol–water partition coefficient (Wildman–Crippen LogP) is 4.90. The van der Waals surface area contributed by atoms with E-state index in [0.717, 1.165) is 32.2 Å². The van der Waals surface area contributed by atoms with Crippen LogP contribution in [0.25, 0.3) is 13.2 Å². The van der Waals surface area contributed by atoms with Gasteiger partial charge in [0.2, 0.25) is 0 Å². The lowest BCUT2D eigenvalue weighted by atomic mass is 10.1. The van der Waals surface area contributed by atoms with Crippen molar-refractivity contribution >= 4 is 30.6 Å². The molecule has 24 heavy (non-hydrogen) atoms. The van der Waals surface area contributed by atoms with E-state index in [1.165, 1.54) is 11.8 Å². The summed E-state index contributed by atoms with van der Waals surface area (Å²) in [5.41, 5.74) is 2.61. The zero-order chi connectivity index (χ0) is 17.9. The minimum Gasteiger partial charge on any atom is -0.255 e. The summed E-state index contributed by atoms with van der Waals surface area (Å²) in [5, 5.41) is 3.51. The van der Waals surface area contributed by atoms with Crippen LogP contribution in [0.5, 0.6) is 0 Å². The van der Waals surface area contributed by atoms with Crippen LogP contribution in [-0.2, 0) is 0 Å². The minimum absolute atomic E-state index is 0.764. The first-order chi connectivity index (χ1) is 11.4. The van der Waals surface area contributed by atoms with Crippen LogP contribution in [0.2, 0.25) is 0 Å². The van der Waals surface area contributed by atoms with Gasteiger partial charge < -0.3 is 0 Å². The number of aliphatic imine (C=N–C) groups is 1. The molecule has 0 aliphatic rings. The molecular weight excluding hydrogens is 310 g/mol. The number of hydrogen-bond acceptors (Lipinski definition) is 2. The van der Waals surface area contributed by atoms with Crippen molar-refractivity contribution in [1.29, 1.82) is 0 Å². The van der Waals surface area contributed by atoms with E-state index in [1.807, 2.05) is 55.5 Å². The third-order valence-electron chi connectivity index (χ3n) is 2.88. The van der Waals surface area contributed by atoms with E-state index in [2.05, 4.69) is 37.9 Å². The molecular formula is C22H23NS. The van der Waals surface area contributed by atoms with Crippen LogP contribution in [-0.4, -0.2) is 5.71 Å². The van der Waals surface area contributed by atoms with Gasteiger partial charge in [-0.1, -0.05) is 86.6 Å². The van der Waals surface area contributed by atoms with Crippen LogP contribution < -0.4 is 10.4 Å². The zero-order valence-electron chi connectivity index (χ0n) is 14.2. The Balaban J connectivity index is 3.62. The summed E-state index contributed by atoms with van der Waals surface area (Å²) in [7, 11) is 0. The molecule has 2 heteroatoms. The van der Waals surface area contributed by atoms with Crippen LogP contribution in [0.4, 0.5) is 0 Å². The second-order valence-electron chi connectivity index (χ2n) is 5.15. The highest BCUT2D eigenvalue weighted by Crippen LogP contribution is 2.19. The number of hydrogen-bond donors (Lipinski definition) is 0. The molecule has 0 saturated carbocycles. The summed E-state index contributed by atoms with van der Waals surface area (Å²) in [6.45, 7) is 21.7. The van der Waals surface area contributed by atoms with Crippen molar-refractivity contribution in [3.8, 4) is 0 Å². The molecule has 1 aromatic rings. The van der Waals surface area contributed by atoms with Gasteiger partial charge in [-0.15, -0.1) is 0 Å². The van der Waals surface area contributed by atoms with E-state index in [1.54, 1.807) is 11.6 Å². The average Bonchev–Trinajstić information content (AvgIpc) is 2.52. The molecule has 0 aliphatic carbocycles. The quantitative estimate of drug-likeness (QED) is 0.533. The number of allylic oxidation sites excluding steroid dienone is 3. The van der Waals surface area contributed by atoms with Crippen molar-refractivity contribution in [2.75, 3.05) is 0 Å². The fourth-order valence-electron chi connectivity index (χ4n) is 1.76. The molecule has 122 valence electrons. The Morgan fingerprint density at radius 1 is 1.04 bits per heavy atom. The molecule has 0 spiro atoms. The maximum Gasteiger partial charge on any atom is 0.0835 e. The SMILES string of the molecule is C=CSC(=C)/C(=N\C=C/C(=C)C)c1ccc(=C)ccccc(=C)c1. The van der Waals surface area contributed by atoms with Crippen molar-refractivity contribution in [2.24, 2.45) is 4.99 Å². The second kappa shape index (κ2) is 10.2. The predicted molar refractivity (Wildman–Crippen MR) is 112 cm³/mol. The van der Waals surface area contributed by atoms with Gasteiger partial charge in [0.25, 0.3) is 0 Å². The first kappa shape index (κ1) is 19.5. The lowest BCUT2D eigenvalue weighted by Crippen LogP contribution is -2.05. The smallest absolute Gasteiger partial charge is 0.0835 e. The molecule has 0 saturated heterocycles. The number of nitrogens with zero attached hydrogens (tertiary/aromatic N) is 1. The number of rotatable bonds is 6. The topological polar surface area (TPSA) is 12.4 Å². The Bertz CT molecular complexity index is 842. The number of thioether (sulfide) groups is 1. The van der Waals surface area contributed by atoms with Gasteiger partial charge in [0, 0.05) is 16.7 Å². The molecule has 0 bridgehead atoms. The molecule has 1 rings (SSSR count). The molecule has 0 aliphatic heterocycles. The first-order valence-corrected chi connectivity index (χ1v) is 8.31. The van der Waals surface area contributed by atoms with Gasteiger partial charge in [0.05, 0.1) is 5.71 Å². The van der Waals surface area contributed by atoms with Crippen molar-refractivity contribution in [3.63, 3.8) is 0 Å². The minimum atomic E-state index is 0.764. The molecule has 0 unspecified atom stereocenters. The molecule has 0 atom stereocenters. The molecule has 0 amide bonds. The molecule has 0 radical (unpaired) electrons. The Labute approximate surface area is 149 Å². The average molecular weight is 334 g/mol. The molecule has 0 N–H and O–H groups in total. The van der Waals surface area contributed by atoms with E-state index in [4.69, 9.17) is 0 Å². The Hall–Kier alpha value is -2.58. The fourth-order valence-corrected chi connectivity index (χ4v) is 2.24. The van der Waals surface area contributed by atoms with E-state index >= 15 is 0 Å². The molecule has 1 aromatic carbocycles. The highest BCUT2D eigenvalue weighted by molar-refractivity contribution is 8.06. The van der Waals surface area contributed by atoms with Crippen molar-refractivity contribution in [1.82, 2.24) is 0 Å². The van der Waals surface area contributed by atoms with Gasteiger partial charge in [-0.2, -0.15) is 0 Å². The summed E-state index contributed by atoms with van der Waals surface area (Å²) in [6.07, 6.45) is 3.58. The Kier molecular flexibility index (Phi) is 8.31. The van der Waals surface area contributed by atoms with E-state index in [0.29, 0.717) is 0 Å². The zero-order valence-corrected chi connectivity index (χ0v) is 15.0. The van der Waals surface area contributed by atoms with Gasteiger partial charge in [0.15, 0.2) is 0 Å². The van der Waals surface area contributed by atoms with Gasteiger partial charge >= 0.3 is 0 Å². The van der Waals surface area contributed by atoms with Crippen LogP contribution in [0.3, 0.4) is 0 Å². The van der Waals surface area contributed by atoms with Gasteiger partial charge in [-0.25, -0.2) is 0 Å². The van der Waals surface area contributed by atoms with Crippen molar-refractivity contribution in [2.45, 2.75) is 6.92 Å². The third-order valence-corrected chi connectivity index (χ3v) is 3.52. The standard InChI is InChI=1S/C22H23NS/c1-7-24-20(6)22(23-15-14-17(2)3)21-13-12-18(4)10-8-9-11-19(5)16-21/h7-16H,1-2,4-6H2,3H3/b10-8?,11-9?,13-12?,15-14-,21-16?,23-22+. The second-order valence-corrected chi connectivity index (χ2v) is 6.21. The molecule has 0 aromatic heterocycles. The molecule has 1 nitrogen and oxygen atoms in total. The maximum absolute atomic E-state index is 4.57. The van der Waals surface area contributed by atoms with Gasteiger partial charge in [-0.3, -0.25) is 4.99 Å². The summed E-state index contributed by atoms with van der Waals surface area (Å²) < 4.78 is 0. The van der Waals surface area contributed by atoms with E-state index in [9.17, 15) is 0 Å². The maximum atomic E-state index is 4.57. The van der Waals surface area contributed by atoms with Crippen LogP contribution in [0.1, 0.15) is 12.5 Å². The summed E-state index contributed by atoms with van der Waals surface area (Å²) >= 11 is 1.44. The molecule has 0 fully saturated rings. The van der Waals surface area contributed by atoms with Crippen molar-refractivity contribution in [3.05, 3.63) is 106 Å².